The standard InChI is InChI=1S/C11H10O5/c1-14-8-4-3-7-10(11(8)15-2)6(12)5-9(13)16-7/h3-5,12H,1-2H3. The van der Waals surface area contributed by atoms with Gasteiger partial charge in [0.1, 0.15) is 16.7 Å². The molecule has 0 atom stereocenters. The fourth-order valence-electron chi connectivity index (χ4n) is 1.56. The Balaban J connectivity index is 2.92. The summed E-state index contributed by atoms with van der Waals surface area (Å²) in [4.78, 5) is 11.1. The molecule has 1 N–H and O–H groups in total. The third-order valence-electron chi connectivity index (χ3n) is 2.23. The smallest absolute Gasteiger partial charge is 0.339 e. The summed E-state index contributed by atoms with van der Waals surface area (Å²) in [7, 11) is 2.93. The van der Waals surface area contributed by atoms with Crippen LogP contribution in [0.4, 0.5) is 0 Å². The summed E-state index contributed by atoms with van der Waals surface area (Å²) in [6, 6.07) is 4.13. The lowest BCUT2D eigenvalue weighted by Crippen LogP contribution is -1.98. The number of fused-ring (bicyclic) bond motifs is 1. The maximum atomic E-state index is 11.1. The van der Waals surface area contributed by atoms with E-state index in [0.717, 1.165) is 6.07 Å². The van der Waals surface area contributed by atoms with Gasteiger partial charge in [0.2, 0.25) is 0 Å². The molecule has 0 unspecified atom stereocenters. The molecule has 1 aromatic carbocycles. The van der Waals surface area contributed by atoms with E-state index in [-0.39, 0.29) is 11.3 Å². The molecule has 5 nitrogen and oxygen atoms in total. The molecule has 0 aliphatic carbocycles. The van der Waals surface area contributed by atoms with Gasteiger partial charge >= 0.3 is 5.63 Å². The monoisotopic (exact) mass is 222 g/mol. The van der Waals surface area contributed by atoms with Crippen LogP contribution in [0.3, 0.4) is 0 Å². The van der Waals surface area contributed by atoms with Crippen molar-refractivity contribution in [3.05, 3.63) is 28.6 Å². The number of rotatable bonds is 2. The predicted octanol–water partition coefficient (Wildman–Crippen LogP) is 1.52. The van der Waals surface area contributed by atoms with Crippen molar-refractivity contribution in [3.8, 4) is 17.2 Å². The summed E-state index contributed by atoms with van der Waals surface area (Å²) in [5.74, 6) is 0.599. The molecule has 0 spiro atoms. The molecule has 84 valence electrons. The summed E-state index contributed by atoms with van der Waals surface area (Å²) in [6.07, 6.45) is 0. The Morgan fingerprint density at radius 1 is 1.25 bits per heavy atom. The fraction of sp³-hybridized carbons (Fsp3) is 0.182. The van der Waals surface area contributed by atoms with Gasteiger partial charge in [-0.05, 0) is 12.1 Å². The molecule has 0 aliphatic heterocycles. The first kappa shape index (κ1) is 10.4. The molecule has 2 rings (SSSR count). The van der Waals surface area contributed by atoms with Crippen LogP contribution in [0.5, 0.6) is 17.2 Å². The van der Waals surface area contributed by atoms with Crippen molar-refractivity contribution in [2.24, 2.45) is 0 Å². The van der Waals surface area contributed by atoms with Crippen LogP contribution in [0.25, 0.3) is 11.0 Å². The van der Waals surface area contributed by atoms with Crippen molar-refractivity contribution in [2.45, 2.75) is 0 Å². The highest BCUT2D eigenvalue weighted by molar-refractivity contribution is 5.91. The molecule has 0 saturated carbocycles. The van der Waals surface area contributed by atoms with Gasteiger partial charge in [-0.15, -0.1) is 0 Å². The Bertz CT molecular complexity index is 585. The SMILES string of the molecule is COc1ccc2oc(=O)cc(O)c2c1OC. The second-order valence-corrected chi connectivity index (χ2v) is 3.12. The number of methoxy groups -OCH3 is 2. The lowest BCUT2D eigenvalue weighted by Gasteiger charge is -2.10. The number of hydrogen-bond donors (Lipinski definition) is 1. The second-order valence-electron chi connectivity index (χ2n) is 3.12. The van der Waals surface area contributed by atoms with Gasteiger partial charge in [0.15, 0.2) is 11.5 Å². The number of ether oxygens (including phenoxy) is 2. The average Bonchev–Trinajstić information content (AvgIpc) is 2.27. The lowest BCUT2D eigenvalue weighted by molar-refractivity contribution is 0.356. The third-order valence-corrected chi connectivity index (χ3v) is 2.23. The predicted molar refractivity (Wildman–Crippen MR) is 57.3 cm³/mol. The summed E-state index contributed by atoms with van der Waals surface area (Å²) in [5.41, 5.74) is -0.361. The van der Waals surface area contributed by atoms with E-state index in [1.54, 1.807) is 6.07 Å². The molecule has 0 bridgehead atoms. The first-order valence-electron chi connectivity index (χ1n) is 4.55. The van der Waals surface area contributed by atoms with Crippen molar-refractivity contribution >= 4 is 11.0 Å². The van der Waals surface area contributed by atoms with Crippen LogP contribution in [-0.2, 0) is 0 Å². The molecule has 2 aromatic rings. The highest BCUT2D eigenvalue weighted by Crippen LogP contribution is 2.39. The van der Waals surface area contributed by atoms with Crippen molar-refractivity contribution in [1.82, 2.24) is 0 Å². The summed E-state index contributed by atoms with van der Waals surface area (Å²) < 4.78 is 15.1. The van der Waals surface area contributed by atoms with E-state index in [2.05, 4.69) is 0 Å². The normalized spacial score (nSPS) is 10.4. The molecule has 0 amide bonds. The Labute approximate surface area is 90.8 Å². The molecular formula is C11H10O5. The van der Waals surface area contributed by atoms with Crippen LogP contribution in [0.2, 0.25) is 0 Å². The van der Waals surface area contributed by atoms with E-state index in [4.69, 9.17) is 13.9 Å². The number of aromatic hydroxyl groups is 1. The zero-order valence-corrected chi connectivity index (χ0v) is 8.81. The van der Waals surface area contributed by atoms with Crippen LogP contribution < -0.4 is 15.1 Å². The molecule has 5 heteroatoms. The summed E-state index contributed by atoms with van der Waals surface area (Å²) in [6.45, 7) is 0. The summed E-state index contributed by atoms with van der Waals surface area (Å²) >= 11 is 0. The van der Waals surface area contributed by atoms with E-state index < -0.39 is 5.63 Å². The van der Waals surface area contributed by atoms with Crippen LogP contribution in [0, 0.1) is 0 Å². The maximum absolute atomic E-state index is 11.1. The van der Waals surface area contributed by atoms with Crippen LogP contribution in [0.15, 0.2) is 27.4 Å². The molecule has 0 radical (unpaired) electrons. The van der Waals surface area contributed by atoms with E-state index in [1.165, 1.54) is 20.3 Å². The minimum atomic E-state index is -0.614. The molecule has 1 heterocycles. The van der Waals surface area contributed by atoms with Crippen molar-refractivity contribution < 1.29 is 19.0 Å². The van der Waals surface area contributed by atoms with Gasteiger partial charge in [0.25, 0.3) is 0 Å². The van der Waals surface area contributed by atoms with Crippen LogP contribution in [-0.4, -0.2) is 19.3 Å². The minimum absolute atomic E-state index is 0.193. The van der Waals surface area contributed by atoms with Gasteiger partial charge in [0.05, 0.1) is 20.3 Å². The third kappa shape index (κ3) is 1.46. The Morgan fingerprint density at radius 2 is 2.00 bits per heavy atom. The molecule has 16 heavy (non-hydrogen) atoms. The van der Waals surface area contributed by atoms with Gasteiger partial charge in [-0.3, -0.25) is 0 Å². The van der Waals surface area contributed by atoms with Crippen LogP contribution in [0.1, 0.15) is 0 Å². The molecule has 0 aliphatic rings. The highest BCUT2D eigenvalue weighted by Gasteiger charge is 2.14. The number of hydrogen-bond acceptors (Lipinski definition) is 5. The number of benzene rings is 1. The second kappa shape index (κ2) is 3.77. The highest BCUT2D eigenvalue weighted by atomic mass is 16.5. The Kier molecular flexibility index (Phi) is 2.44. The molecular weight excluding hydrogens is 212 g/mol. The first-order chi connectivity index (χ1) is 7.67. The topological polar surface area (TPSA) is 68.9 Å². The maximum Gasteiger partial charge on any atom is 0.339 e. The van der Waals surface area contributed by atoms with E-state index >= 15 is 0 Å². The van der Waals surface area contributed by atoms with Crippen molar-refractivity contribution in [2.75, 3.05) is 14.2 Å². The van der Waals surface area contributed by atoms with Gasteiger partial charge in [-0.25, -0.2) is 4.79 Å². The van der Waals surface area contributed by atoms with Gasteiger partial charge in [-0.2, -0.15) is 0 Å². The quantitative estimate of drug-likeness (QED) is 0.780. The lowest BCUT2D eigenvalue weighted by atomic mass is 10.2. The van der Waals surface area contributed by atoms with E-state index in [0.29, 0.717) is 16.9 Å². The fourth-order valence-corrected chi connectivity index (χ4v) is 1.56. The van der Waals surface area contributed by atoms with Crippen molar-refractivity contribution in [1.29, 1.82) is 0 Å². The van der Waals surface area contributed by atoms with Crippen LogP contribution >= 0.6 is 0 Å². The van der Waals surface area contributed by atoms with Crippen molar-refractivity contribution in [3.63, 3.8) is 0 Å². The zero-order chi connectivity index (χ0) is 11.7. The van der Waals surface area contributed by atoms with E-state index in [9.17, 15) is 9.90 Å². The minimum Gasteiger partial charge on any atom is -0.507 e. The van der Waals surface area contributed by atoms with E-state index in [1.807, 2.05) is 0 Å². The van der Waals surface area contributed by atoms with Gasteiger partial charge < -0.3 is 19.0 Å². The van der Waals surface area contributed by atoms with Gasteiger partial charge in [0, 0.05) is 0 Å². The Morgan fingerprint density at radius 3 is 2.62 bits per heavy atom. The van der Waals surface area contributed by atoms with Gasteiger partial charge in [-0.1, -0.05) is 0 Å². The Hall–Kier alpha value is -2.17. The molecule has 0 saturated heterocycles. The average molecular weight is 222 g/mol. The first-order valence-corrected chi connectivity index (χ1v) is 4.55. The zero-order valence-electron chi connectivity index (χ0n) is 8.81. The largest absolute Gasteiger partial charge is 0.507 e. The summed E-state index contributed by atoms with van der Waals surface area (Å²) in [5, 5.41) is 10.0. The molecule has 1 aromatic heterocycles. The molecule has 0 fully saturated rings.